The Morgan fingerprint density at radius 3 is 2.62 bits per heavy atom. The third-order valence-corrected chi connectivity index (χ3v) is 5.70. The van der Waals surface area contributed by atoms with Gasteiger partial charge in [-0.3, -0.25) is 9.59 Å². The summed E-state index contributed by atoms with van der Waals surface area (Å²) in [5.41, 5.74) is 4.48. The number of hydrogen-bond acceptors (Lipinski definition) is 6. The molecule has 0 saturated carbocycles. The molecule has 0 radical (unpaired) electrons. The quantitative estimate of drug-likeness (QED) is 0.460. The number of aromatic nitrogens is 4. The number of nitrogens with zero attached hydrogens (tertiary/aromatic N) is 5. The Morgan fingerprint density at radius 2 is 1.90 bits per heavy atom. The summed E-state index contributed by atoms with van der Waals surface area (Å²) in [7, 11) is 0. The highest BCUT2D eigenvalue weighted by Crippen LogP contribution is 2.24. The number of anilines is 1. The van der Waals surface area contributed by atoms with Crippen LogP contribution in [0.15, 0.2) is 47.6 Å². The molecule has 8 heteroatoms. The number of Topliss-reactive ketones (excluding diaryl/α,β-unsaturated/α-hetero) is 1. The molecular weight excluding hydrogens is 386 g/mol. The number of aryl methyl sites for hydroxylation is 2. The van der Waals surface area contributed by atoms with Crippen LogP contribution in [0.5, 0.6) is 0 Å². The molecule has 4 rings (SSSR count). The zero-order chi connectivity index (χ0) is 20.4. The van der Waals surface area contributed by atoms with Crippen LogP contribution in [-0.2, 0) is 4.79 Å². The standard InChI is InChI=1S/C21H21N5O2S/c1-14-9-15(2)11-18(10-14)26-21(22-23-24-26)29-13-19(27)16-5-3-6-17(12-16)25-8-4-7-20(25)28/h3,5-6,9-12H,4,7-8,13H2,1-2H3. The highest BCUT2D eigenvalue weighted by Gasteiger charge is 2.22. The van der Waals surface area contributed by atoms with Crippen molar-refractivity contribution in [2.24, 2.45) is 0 Å². The molecule has 3 aromatic rings. The Bertz CT molecular complexity index is 1060. The molecule has 1 fully saturated rings. The van der Waals surface area contributed by atoms with Gasteiger partial charge < -0.3 is 4.90 Å². The fraction of sp³-hybridized carbons (Fsp3) is 0.286. The summed E-state index contributed by atoms with van der Waals surface area (Å²) >= 11 is 1.30. The van der Waals surface area contributed by atoms with Crippen LogP contribution in [0.2, 0.25) is 0 Å². The third kappa shape index (κ3) is 4.22. The van der Waals surface area contributed by atoms with Crippen molar-refractivity contribution in [3.05, 3.63) is 59.2 Å². The van der Waals surface area contributed by atoms with Gasteiger partial charge in [0, 0.05) is 24.2 Å². The Hall–Kier alpha value is -3.00. The van der Waals surface area contributed by atoms with E-state index >= 15 is 0 Å². The molecule has 0 aliphatic carbocycles. The second-order valence-electron chi connectivity index (χ2n) is 7.13. The number of hydrogen-bond donors (Lipinski definition) is 0. The molecule has 1 saturated heterocycles. The molecule has 1 amide bonds. The van der Waals surface area contributed by atoms with Gasteiger partial charge in [-0.05, 0) is 66.1 Å². The molecule has 1 aromatic heterocycles. The van der Waals surface area contributed by atoms with E-state index in [-0.39, 0.29) is 17.4 Å². The van der Waals surface area contributed by atoms with E-state index in [4.69, 9.17) is 0 Å². The molecule has 2 heterocycles. The van der Waals surface area contributed by atoms with E-state index in [1.807, 2.05) is 38.1 Å². The van der Waals surface area contributed by atoms with Crippen LogP contribution in [0.3, 0.4) is 0 Å². The molecule has 0 bridgehead atoms. The van der Waals surface area contributed by atoms with Gasteiger partial charge in [-0.25, -0.2) is 0 Å². The second kappa shape index (κ2) is 8.16. The Morgan fingerprint density at radius 1 is 1.10 bits per heavy atom. The molecular formula is C21H21N5O2S. The number of amides is 1. The molecule has 7 nitrogen and oxygen atoms in total. The molecule has 29 heavy (non-hydrogen) atoms. The van der Waals surface area contributed by atoms with Gasteiger partial charge >= 0.3 is 0 Å². The molecule has 0 spiro atoms. The minimum absolute atomic E-state index is 0.0292. The lowest BCUT2D eigenvalue weighted by atomic mass is 10.1. The van der Waals surface area contributed by atoms with Crippen LogP contribution in [0, 0.1) is 13.8 Å². The van der Waals surface area contributed by atoms with Crippen LogP contribution in [-0.4, -0.2) is 44.2 Å². The number of ketones is 1. The first-order chi connectivity index (χ1) is 14.0. The Labute approximate surface area is 173 Å². The van der Waals surface area contributed by atoms with E-state index in [2.05, 4.69) is 21.6 Å². The summed E-state index contributed by atoms with van der Waals surface area (Å²) in [5.74, 6) is 0.290. The van der Waals surface area contributed by atoms with Crippen molar-refractivity contribution >= 4 is 29.1 Å². The number of carbonyl (C=O) groups is 2. The van der Waals surface area contributed by atoms with E-state index < -0.39 is 0 Å². The average Bonchev–Trinajstić information content (AvgIpc) is 3.34. The van der Waals surface area contributed by atoms with Crippen molar-refractivity contribution < 1.29 is 9.59 Å². The lowest BCUT2D eigenvalue weighted by Crippen LogP contribution is -2.23. The first-order valence-corrected chi connectivity index (χ1v) is 10.4. The summed E-state index contributed by atoms with van der Waals surface area (Å²) in [6.45, 7) is 4.75. The maximum absolute atomic E-state index is 12.7. The van der Waals surface area contributed by atoms with Gasteiger partial charge in [0.1, 0.15) is 0 Å². The predicted octanol–water partition coefficient (Wildman–Crippen LogP) is 3.38. The molecule has 2 aromatic carbocycles. The topological polar surface area (TPSA) is 81.0 Å². The monoisotopic (exact) mass is 407 g/mol. The molecule has 1 aliphatic heterocycles. The van der Waals surface area contributed by atoms with Gasteiger partial charge in [0.05, 0.1) is 11.4 Å². The van der Waals surface area contributed by atoms with Crippen LogP contribution in [0.25, 0.3) is 5.69 Å². The summed E-state index contributed by atoms with van der Waals surface area (Å²) in [4.78, 5) is 26.5. The second-order valence-corrected chi connectivity index (χ2v) is 8.07. The van der Waals surface area contributed by atoms with E-state index in [1.165, 1.54) is 11.8 Å². The van der Waals surface area contributed by atoms with Crippen LogP contribution < -0.4 is 4.90 Å². The number of benzene rings is 2. The number of rotatable bonds is 6. The number of carbonyl (C=O) groups excluding carboxylic acids is 2. The van der Waals surface area contributed by atoms with Crippen molar-refractivity contribution in [2.75, 3.05) is 17.2 Å². The van der Waals surface area contributed by atoms with Crippen molar-refractivity contribution in [3.8, 4) is 5.69 Å². The lowest BCUT2D eigenvalue weighted by Gasteiger charge is -2.16. The molecule has 148 valence electrons. The Balaban J connectivity index is 1.49. The predicted molar refractivity (Wildman–Crippen MR) is 112 cm³/mol. The summed E-state index contributed by atoms with van der Waals surface area (Å²) < 4.78 is 1.65. The molecule has 0 atom stereocenters. The van der Waals surface area contributed by atoms with Crippen LogP contribution in [0.4, 0.5) is 5.69 Å². The Kier molecular flexibility index (Phi) is 5.44. The summed E-state index contributed by atoms with van der Waals surface area (Å²) in [6, 6.07) is 13.4. The largest absolute Gasteiger partial charge is 0.312 e. The van der Waals surface area contributed by atoms with Crippen LogP contribution in [0.1, 0.15) is 34.3 Å². The zero-order valence-electron chi connectivity index (χ0n) is 16.3. The maximum atomic E-state index is 12.7. The highest BCUT2D eigenvalue weighted by atomic mass is 32.2. The van der Waals surface area contributed by atoms with Gasteiger partial charge in [0.15, 0.2) is 5.78 Å². The zero-order valence-corrected chi connectivity index (χ0v) is 17.1. The van der Waals surface area contributed by atoms with Gasteiger partial charge in [-0.2, -0.15) is 4.68 Å². The number of tetrazole rings is 1. The van der Waals surface area contributed by atoms with Gasteiger partial charge in [-0.1, -0.05) is 30.0 Å². The molecule has 1 aliphatic rings. The first kappa shape index (κ1) is 19.3. The van der Waals surface area contributed by atoms with Crippen molar-refractivity contribution in [3.63, 3.8) is 0 Å². The summed E-state index contributed by atoms with van der Waals surface area (Å²) in [6.07, 6.45) is 1.42. The van der Waals surface area contributed by atoms with Crippen molar-refractivity contribution in [2.45, 2.75) is 31.8 Å². The van der Waals surface area contributed by atoms with Gasteiger partial charge in [0.25, 0.3) is 0 Å². The molecule has 0 N–H and O–H groups in total. The van der Waals surface area contributed by atoms with E-state index in [0.29, 0.717) is 23.7 Å². The SMILES string of the molecule is Cc1cc(C)cc(-n2nnnc2SCC(=O)c2cccc(N3CCCC3=O)c2)c1. The van der Waals surface area contributed by atoms with E-state index in [1.54, 1.807) is 21.7 Å². The maximum Gasteiger partial charge on any atom is 0.227 e. The fourth-order valence-corrected chi connectivity index (χ4v) is 4.27. The first-order valence-electron chi connectivity index (χ1n) is 9.45. The minimum atomic E-state index is -0.0292. The van der Waals surface area contributed by atoms with E-state index in [9.17, 15) is 9.59 Å². The van der Waals surface area contributed by atoms with Gasteiger partial charge in [-0.15, -0.1) is 5.10 Å². The van der Waals surface area contributed by atoms with E-state index in [0.717, 1.165) is 28.9 Å². The average molecular weight is 407 g/mol. The smallest absolute Gasteiger partial charge is 0.227 e. The normalized spacial score (nSPS) is 13.9. The van der Waals surface area contributed by atoms with Crippen molar-refractivity contribution in [1.29, 1.82) is 0 Å². The third-order valence-electron chi connectivity index (χ3n) is 4.78. The minimum Gasteiger partial charge on any atom is -0.312 e. The van der Waals surface area contributed by atoms with Crippen LogP contribution >= 0.6 is 11.8 Å². The van der Waals surface area contributed by atoms with Crippen molar-refractivity contribution in [1.82, 2.24) is 20.2 Å². The lowest BCUT2D eigenvalue weighted by molar-refractivity contribution is -0.117. The van der Waals surface area contributed by atoms with Gasteiger partial charge in [0.2, 0.25) is 11.1 Å². The highest BCUT2D eigenvalue weighted by molar-refractivity contribution is 7.99. The molecule has 0 unspecified atom stereocenters. The fourth-order valence-electron chi connectivity index (χ4n) is 3.49. The number of thioether (sulfide) groups is 1. The summed E-state index contributed by atoms with van der Waals surface area (Å²) in [5, 5.41) is 12.5.